The summed E-state index contributed by atoms with van der Waals surface area (Å²) in [5.74, 6) is 0.871. The average molecular weight is 528 g/mol. The minimum atomic E-state index is -1.44. The van der Waals surface area contributed by atoms with Crippen LogP contribution in [0.25, 0.3) is 0 Å². The van der Waals surface area contributed by atoms with Gasteiger partial charge in [0.1, 0.15) is 16.8 Å². The molecule has 2 rings (SSSR count). The Kier molecular flexibility index (Phi) is 13.2. The molecule has 0 heterocycles. The minimum Gasteiger partial charge on any atom is -0.377 e. The number of carbonyl (C=O) groups is 1. The lowest BCUT2D eigenvalue weighted by atomic mass is 9.89. The Morgan fingerprint density at radius 2 is 1.51 bits per heavy atom. The van der Waals surface area contributed by atoms with Crippen molar-refractivity contribution >= 4 is 16.8 Å². The van der Waals surface area contributed by atoms with Gasteiger partial charge in [-0.3, -0.25) is 4.79 Å². The molecule has 0 aliphatic carbocycles. The molecule has 2 aromatic rings. The van der Waals surface area contributed by atoms with Gasteiger partial charge in [0.15, 0.2) is 0 Å². The van der Waals surface area contributed by atoms with Crippen molar-refractivity contribution in [2.24, 2.45) is 5.92 Å². The summed E-state index contributed by atoms with van der Waals surface area (Å²) >= 11 is 0. The third kappa shape index (κ3) is 9.46. The number of Topliss-reactive ketones (excluding diaryl/α,β-unsaturated/α-hetero) is 1. The first kappa shape index (κ1) is 31.4. The molecule has 0 fully saturated rings. The molecular weight excluding hydrogens is 478 g/mol. The zero-order chi connectivity index (χ0) is 27.5. The van der Waals surface area contributed by atoms with Crippen LogP contribution in [0.5, 0.6) is 0 Å². The van der Waals surface area contributed by atoms with Crippen LogP contribution in [-0.4, -0.2) is 22.6 Å². The molecule has 206 valence electrons. The summed E-state index contributed by atoms with van der Waals surface area (Å²) in [7, 11) is -1.44. The summed E-state index contributed by atoms with van der Waals surface area (Å²) in [6.07, 6.45) is 3.05. The minimum absolute atomic E-state index is 0.225. The number of ketones is 1. The molecule has 3 atom stereocenters. The van der Waals surface area contributed by atoms with Crippen molar-refractivity contribution in [3.63, 3.8) is 0 Å². The third-order valence-corrected chi connectivity index (χ3v) is 8.46. The van der Waals surface area contributed by atoms with Crippen molar-refractivity contribution in [1.82, 2.24) is 4.72 Å². The van der Waals surface area contributed by atoms with E-state index in [1.165, 1.54) is 5.56 Å². The molecule has 0 radical (unpaired) electrons. The fourth-order valence-electron chi connectivity index (χ4n) is 4.49. The van der Waals surface area contributed by atoms with Crippen LogP contribution in [0.4, 0.5) is 0 Å². The molecule has 37 heavy (non-hydrogen) atoms. The Balaban J connectivity index is 2.30. The molecule has 0 spiro atoms. The number of carbonyl (C=O) groups excluding carboxylic acids is 1. The van der Waals surface area contributed by atoms with Crippen molar-refractivity contribution < 1.29 is 13.7 Å². The molecule has 0 saturated carbocycles. The Morgan fingerprint density at radius 3 is 2.03 bits per heavy atom. The number of unbranched alkanes of at least 4 members (excludes halogenated alkanes) is 1. The molecule has 0 aliphatic rings. The van der Waals surface area contributed by atoms with E-state index in [9.17, 15) is 9.00 Å². The van der Waals surface area contributed by atoms with E-state index in [1.807, 2.05) is 37.3 Å². The second-order valence-corrected chi connectivity index (χ2v) is 12.4. The van der Waals surface area contributed by atoms with Crippen molar-refractivity contribution in [3.05, 3.63) is 64.7 Å². The zero-order valence-electron chi connectivity index (χ0n) is 24.3. The first-order valence-corrected chi connectivity index (χ1v) is 15.2. The standard InChI is InChI=1S/C32H49NO3S/c1-9-10-16-31(34)25(8)30(17-18-36-21-26-14-12-11-13-15-26)33-37(35)32-28(23(4)5)19-27(22(2)3)20-29(32)24(6)7/h11-15,19-20,22-25,30,33H,9-10,16-18,21H2,1-8H3/t25-,30+,37?/m0/s1. The Hall–Kier alpha value is -1.82. The molecule has 0 aliphatic heterocycles. The van der Waals surface area contributed by atoms with E-state index in [4.69, 9.17) is 4.74 Å². The summed E-state index contributed by atoms with van der Waals surface area (Å²) in [6.45, 7) is 18.1. The molecule has 4 nitrogen and oxygen atoms in total. The number of nitrogens with one attached hydrogen (secondary N) is 1. The van der Waals surface area contributed by atoms with Crippen LogP contribution in [-0.2, 0) is 27.1 Å². The third-order valence-electron chi connectivity index (χ3n) is 7.10. The smallest absolute Gasteiger partial charge is 0.137 e. The lowest BCUT2D eigenvalue weighted by Gasteiger charge is -2.27. The van der Waals surface area contributed by atoms with Gasteiger partial charge in [-0.25, -0.2) is 8.93 Å². The van der Waals surface area contributed by atoms with E-state index >= 15 is 0 Å². The molecular formula is C32H49NO3S. The predicted octanol–water partition coefficient (Wildman–Crippen LogP) is 8.04. The van der Waals surface area contributed by atoms with Crippen LogP contribution >= 0.6 is 0 Å². The van der Waals surface area contributed by atoms with Gasteiger partial charge in [-0.1, -0.05) is 104 Å². The second kappa shape index (κ2) is 15.6. The van der Waals surface area contributed by atoms with Crippen LogP contribution < -0.4 is 4.72 Å². The van der Waals surface area contributed by atoms with E-state index in [2.05, 4.69) is 65.3 Å². The van der Waals surface area contributed by atoms with Crippen LogP contribution in [0.1, 0.15) is 121 Å². The highest BCUT2D eigenvalue weighted by molar-refractivity contribution is 7.83. The van der Waals surface area contributed by atoms with Crippen molar-refractivity contribution in [2.75, 3.05) is 6.61 Å². The first-order valence-electron chi connectivity index (χ1n) is 14.1. The number of ether oxygens (including phenoxy) is 1. The number of hydrogen-bond acceptors (Lipinski definition) is 3. The van der Waals surface area contributed by atoms with Crippen LogP contribution in [0.15, 0.2) is 47.4 Å². The van der Waals surface area contributed by atoms with E-state index < -0.39 is 11.0 Å². The maximum atomic E-state index is 14.0. The van der Waals surface area contributed by atoms with Gasteiger partial charge in [-0.15, -0.1) is 0 Å². The van der Waals surface area contributed by atoms with Gasteiger partial charge >= 0.3 is 0 Å². The number of rotatable bonds is 16. The normalized spacial score (nSPS) is 14.4. The van der Waals surface area contributed by atoms with Gasteiger partial charge in [0.2, 0.25) is 0 Å². The monoisotopic (exact) mass is 527 g/mol. The van der Waals surface area contributed by atoms with Gasteiger partial charge in [0, 0.05) is 25.0 Å². The van der Waals surface area contributed by atoms with Gasteiger partial charge in [-0.05, 0) is 52.8 Å². The maximum absolute atomic E-state index is 14.0. The lowest BCUT2D eigenvalue weighted by Crippen LogP contribution is -2.41. The Bertz CT molecular complexity index is 971. The zero-order valence-corrected chi connectivity index (χ0v) is 25.1. The van der Waals surface area contributed by atoms with Gasteiger partial charge in [-0.2, -0.15) is 0 Å². The van der Waals surface area contributed by atoms with Crippen LogP contribution in [0.3, 0.4) is 0 Å². The fourth-order valence-corrected chi connectivity index (χ4v) is 6.22. The summed E-state index contributed by atoms with van der Waals surface area (Å²) in [4.78, 5) is 13.9. The van der Waals surface area contributed by atoms with E-state index in [0.717, 1.165) is 34.4 Å². The second-order valence-electron chi connectivity index (χ2n) is 11.2. The maximum Gasteiger partial charge on any atom is 0.137 e. The average Bonchev–Trinajstić information content (AvgIpc) is 2.87. The summed E-state index contributed by atoms with van der Waals surface area (Å²) in [6, 6.07) is 14.3. The topological polar surface area (TPSA) is 55.4 Å². The highest BCUT2D eigenvalue weighted by atomic mass is 32.2. The molecule has 0 bridgehead atoms. The number of benzene rings is 2. The molecule has 0 amide bonds. The Labute approximate surface area is 228 Å². The predicted molar refractivity (Wildman–Crippen MR) is 156 cm³/mol. The lowest BCUT2D eigenvalue weighted by molar-refractivity contribution is -0.123. The highest BCUT2D eigenvalue weighted by Gasteiger charge is 2.28. The molecule has 0 saturated heterocycles. The fraction of sp³-hybridized carbons (Fsp3) is 0.594. The highest BCUT2D eigenvalue weighted by Crippen LogP contribution is 2.34. The van der Waals surface area contributed by atoms with Crippen molar-refractivity contribution in [3.8, 4) is 0 Å². The summed E-state index contributed by atoms with van der Waals surface area (Å²) in [5, 5.41) is 0. The van der Waals surface area contributed by atoms with E-state index in [-0.39, 0.29) is 29.6 Å². The number of hydrogen-bond donors (Lipinski definition) is 1. The van der Waals surface area contributed by atoms with Gasteiger partial charge < -0.3 is 4.74 Å². The largest absolute Gasteiger partial charge is 0.377 e. The first-order chi connectivity index (χ1) is 17.6. The summed E-state index contributed by atoms with van der Waals surface area (Å²) < 4.78 is 23.4. The van der Waals surface area contributed by atoms with Crippen LogP contribution in [0.2, 0.25) is 0 Å². The summed E-state index contributed by atoms with van der Waals surface area (Å²) in [5.41, 5.74) is 4.66. The van der Waals surface area contributed by atoms with E-state index in [0.29, 0.717) is 32.0 Å². The van der Waals surface area contributed by atoms with Crippen molar-refractivity contribution in [2.45, 2.75) is 116 Å². The quantitative estimate of drug-likeness (QED) is 0.225. The molecule has 1 N–H and O–H groups in total. The van der Waals surface area contributed by atoms with Gasteiger partial charge in [0.05, 0.1) is 11.5 Å². The molecule has 0 aromatic heterocycles. The molecule has 2 aromatic carbocycles. The van der Waals surface area contributed by atoms with Crippen molar-refractivity contribution in [1.29, 1.82) is 0 Å². The molecule has 5 heteroatoms. The van der Waals surface area contributed by atoms with Gasteiger partial charge in [0.25, 0.3) is 0 Å². The van der Waals surface area contributed by atoms with Crippen LogP contribution in [0, 0.1) is 5.92 Å². The van der Waals surface area contributed by atoms with E-state index in [1.54, 1.807) is 0 Å². The Morgan fingerprint density at radius 1 is 0.919 bits per heavy atom. The molecule has 1 unspecified atom stereocenters. The SMILES string of the molecule is CCCCC(=O)[C@@H](C)[C@@H](CCOCc1ccccc1)NS(=O)c1c(C(C)C)cc(C(C)C)cc1C(C)C.